The van der Waals surface area contributed by atoms with Gasteiger partial charge in [0.15, 0.2) is 0 Å². The number of aromatic nitrogens is 2. The molecule has 0 amide bonds. The Bertz CT molecular complexity index is 438. The van der Waals surface area contributed by atoms with Gasteiger partial charge < -0.3 is 5.11 Å². The zero-order valence-electron chi connectivity index (χ0n) is 8.42. The minimum absolute atomic E-state index is 0.670. The van der Waals surface area contributed by atoms with Crippen molar-refractivity contribution < 1.29 is 31.9 Å². The summed E-state index contributed by atoms with van der Waals surface area (Å²) < 4.78 is 62.1. The van der Waals surface area contributed by atoms with Crippen molar-refractivity contribution in [2.45, 2.75) is 18.5 Å². The highest BCUT2D eigenvalue weighted by atomic mass is 19.4. The summed E-state index contributed by atoms with van der Waals surface area (Å²) in [6.45, 7) is 0. The number of aryl methyl sites for hydroxylation is 1. The van der Waals surface area contributed by atoms with Gasteiger partial charge in [-0.3, -0.25) is 4.68 Å². The van der Waals surface area contributed by atoms with Crippen LogP contribution in [0.3, 0.4) is 0 Å². The Morgan fingerprint density at radius 2 is 1.94 bits per heavy atom. The highest BCUT2D eigenvalue weighted by molar-refractivity contribution is 5.88. The molecular weight excluding hydrogens is 251 g/mol. The van der Waals surface area contributed by atoms with Gasteiger partial charge in [-0.1, -0.05) is 0 Å². The largest absolute Gasteiger partial charge is 0.478 e. The molecule has 0 bridgehead atoms. The second-order valence-electron chi connectivity index (χ2n) is 3.31. The molecule has 4 nitrogen and oxygen atoms in total. The molecule has 0 atom stereocenters. The molecule has 0 aromatic carbocycles. The number of hydrogen-bond donors (Lipinski definition) is 1. The highest BCUT2D eigenvalue weighted by Gasteiger charge is 2.57. The van der Waals surface area contributed by atoms with Crippen molar-refractivity contribution in [2.75, 3.05) is 0 Å². The third-order valence-corrected chi connectivity index (χ3v) is 2.10. The SMILES string of the molecule is Cn1ncc(C(=O)O)c1CC(F)(F)C(F)(F)F. The summed E-state index contributed by atoms with van der Waals surface area (Å²) in [4.78, 5) is 10.6. The molecule has 0 saturated carbocycles. The lowest BCUT2D eigenvalue weighted by Gasteiger charge is -2.19. The molecule has 0 saturated heterocycles. The van der Waals surface area contributed by atoms with E-state index in [1.54, 1.807) is 0 Å². The Hall–Kier alpha value is -1.67. The molecule has 1 aromatic rings. The number of alkyl halides is 5. The van der Waals surface area contributed by atoms with Crippen LogP contribution in [0.1, 0.15) is 16.1 Å². The fourth-order valence-electron chi connectivity index (χ4n) is 1.16. The number of nitrogens with zero attached hydrogens (tertiary/aromatic N) is 2. The van der Waals surface area contributed by atoms with Crippen LogP contribution >= 0.6 is 0 Å². The molecule has 0 spiro atoms. The Morgan fingerprint density at radius 3 is 2.35 bits per heavy atom. The van der Waals surface area contributed by atoms with E-state index in [2.05, 4.69) is 5.10 Å². The van der Waals surface area contributed by atoms with Crippen LogP contribution in [0.2, 0.25) is 0 Å². The molecule has 1 N–H and O–H groups in total. The Morgan fingerprint density at radius 1 is 1.41 bits per heavy atom. The maximum atomic E-state index is 12.8. The van der Waals surface area contributed by atoms with Gasteiger partial charge in [0.05, 0.1) is 18.3 Å². The van der Waals surface area contributed by atoms with Crippen LogP contribution < -0.4 is 0 Å². The maximum absolute atomic E-state index is 12.8. The van der Waals surface area contributed by atoms with E-state index in [1.165, 1.54) is 0 Å². The van der Waals surface area contributed by atoms with Crippen LogP contribution in [-0.2, 0) is 13.5 Å². The van der Waals surface area contributed by atoms with Crippen molar-refractivity contribution in [3.8, 4) is 0 Å². The summed E-state index contributed by atoms with van der Waals surface area (Å²) in [5, 5.41) is 11.9. The second kappa shape index (κ2) is 3.97. The number of carboxylic acids is 1. The number of carboxylic acid groups (broad SMARTS) is 1. The normalized spacial score (nSPS) is 12.8. The van der Waals surface area contributed by atoms with Crippen LogP contribution in [0, 0.1) is 0 Å². The molecule has 96 valence electrons. The molecule has 17 heavy (non-hydrogen) atoms. The maximum Gasteiger partial charge on any atom is 0.453 e. The first-order chi connectivity index (χ1) is 7.56. The molecule has 1 heterocycles. The lowest BCUT2D eigenvalue weighted by Crippen LogP contribution is -2.39. The third kappa shape index (κ3) is 2.53. The first-order valence-corrected chi connectivity index (χ1v) is 4.25. The average Bonchev–Trinajstić information content (AvgIpc) is 2.45. The van der Waals surface area contributed by atoms with Crippen molar-refractivity contribution in [1.29, 1.82) is 0 Å². The van der Waals surface area contributed by atoms with Crippen molar-refractivity contribution in [2.24, 2.45) is 7.05 Å². The van der Waals surface area contributed by atoms with E-state index in [0.717, 1.165) is 13.2 Å². The fraction of sp³-hybridized carbons (Fsp3) is 0.500. The molecule has 9 heteroatoms. The summed E-state index contributed by atoms with van der Waals surface area (Å²) in [6, 6.07) is 0. The first-order valence-electron chi connectivity index (χ1n) is 4.25. The van der Waals surface area contributed by atoms with Gasteiger partial charge in [0.2, 0.25) is 0 Å². The number of aromatic carboxylic acids is 1. The van der Waals surface area contributed by atoms with Crippen molar-refractivity contribution >= 4 is 5.97 Å². The molecule has 1 aromatic heterocycles. The van der Waals surface area contributed by atoms with E-state index in [-0.39, 0.29) is 0 Å². The zero-order valence-corrected chi connectivity index (χ0v) is 8.42. The van der Waals surface area contributed by atoms with E-state index in [0.29, 0.717) is 4.68 Å². The highest BCUT2D eigenvalue weighted by Crippen LogP contribution is 2.38. The minimum atomic E-state index is -5.73. The topological polar surface area (TPSA) is 55.1 Å². The molecule has 0 aliphatic heterocycles. The second-order valence-corrected chi connectivity index (χ2v) is 3.31. The molecule has 1 rings (SSSR count). The molecule has 0 aliphatic rings. The van der Waals surface area contributed by atoms with E-state index in [1.807, 2.05) is 0 Å². The first kappa shape index (κ1) is 13.4. The molecular formula is C8H7F5N2O2. The summed E-state index contributed by atoms with van der Waals surface area (Å²) >= 11 is 0. The molecule has 0 aliphatic carbocycles. The van der Waals surface area contributed by atoms with E-state index < -0.39 is 35.7 Å². The number of halogens is 5. The van der Waals surface area contributed by atoms with Crippen LogP contribution in [0.25, 0.3) is 0 Å². The minimum Gasteiger partial charge on any atom is -0.478 e. The van der Waals surface area contributed by atoms with Gasteiger partial charge in [-0.05, 0) is 0 Å². The van der Waals surface area contributed by atoms with Crippen LogP contribution in [0.5, 0.6) is 0 Å². The van der Waals surface area contributed by atoms with Gasteiger partial charge in [0.1, 0.15) is 5.56 Å². The van der Waals surface area contributed by atoms with E-state index >= 15 is 0 Å². The molecule has 0 radical (unpaired) electrons. The van der Waals surface area contributed by atoms with Crippen molar-refractivity contribution in [3.05, 3.63) is 17.5 Å². The van der Waals surface area contributed by atoms with E-state index in [4.69, 9.17) is 5.11 Å². The van der Waals surface area contributed by atoms with Gasteiger partial charge in [0.25, 0.3) is 0 Å². The smallest absolute Gasteiger partial charge is 0.453 e. The number of hydrogen-bond acceptors (Lipinski definition) is 2. The van der Waals surface area contributed by atoms with E-state index in [9.17, 15) is 26.7 Å². The summed E-state index contributed by atoms with van der Waals surface area (Å²) in [5.74, 6) is -6.60. The lowest BCUT2D eigenvalue weighted by atomic mass is 10.1. The standard InChI is InChI=1S/C8H7F5N2O2/c1-15-5(4(3-14-15)6(16)17)2-7(9,10)8(11,12)13/h3H,2H2,1H3,(H,16,17). The monoisotopic (exact) mass is 258 g/mol. The predicted molar refractivity (Wildman–Crippen MR) is 44.9 cm³/mol. The van der Waals surface area contributed by atoms with Crippen LogP contribution in [0.15, 0.2) is 6.20 Å². The quantitative estimate of drug-likeness (QED) is 0.842. The molecule has 0 fully saturated rings. The zero-order chi connectivity index (χ0) is 13.4. The Kier molecular flexibility index (Phi) is 3.13. The van der Waals surface area contributed by atoms with Gasteiger partial charge in [-0.2, -0.15) is 27.1 Å². The Labute approximate surface area is 91.6 Å². The summed E-state index contributed by atoms with van der Waals surface area (Å²) in [5.41, 5.74) is -1.35. The van der Waals surface area contributed by atoms with Gasteiger partial charge in [-0.15, -0.1) is 0 Å². The summed E-state index contributed by atoms with van der Waals surface area (Å²) in [6.07, 6.45) is -6.76. The fourth-order valence-corrected chi connectivity index (χ4v) is 1.16. The van der Waals surface area contributed by atoms with Gasteiger partial charge >= 0.3 is 18.1 Å². The van der Waals surface area contributed by atoms with Gasteiger partial charge in [0, 0.05) is 7.05 Å². The average molecular weight is 258 g/mol. The number of carbonyl (C=O) groups is 1. The van der Waals surface area contributed by atoms with Gasteiger partial charge in [-0.25, -0.2) is 4.79 Å². The lowest BCUT2D eigenvalue weighted by molar-refractivity contribution is -0.281. The number of rotatable bonds is 3. The third-order valence-electron chi connectivity index (χ3n) is 2.10. The van der Waals surface area contributed by atoms with Crippen LogP contribution in [-0.4, -0.2) is 33.0 Å². The molecule has 0 unspecified atom stereocenters. The van der Waals surface area contributed by atoms with Crippen LogP contribution in [0.4, 0.5) is 22.0 Å². The predicted octanol–water partition coefficient (Wildman–Crippen LogP) is 1.86. The van der Waals surface area contributed by atoms with Crippen molar-refractivity contribution in [1.82, 2.24) is 9.78 Å². The summed E-state index contributed by atoms with van der Waals surface area (Å²) in [7, 11) is 1.09. The Balaban J connectivity index is 3.11. The van der Waals surface area contributed by atoms with Crippen molar-refractivity contribution in [3.63, 3.8) is 0 Å².